The summed E-state index contributed by atoms with van der Waals surface area (Å²) in [6.07, 6.45) is 3.91. The van der Waals surface area contributed by atoms with Crippen molar-refractivity contribution in [2.75, 3.05) is 7.11 Å². The summed E-state index contributed by atoms with van der Waals surface area (Å²) in [4.78, 5) is 14.3. The molecule has 0 atom stereocenters. The zero-order valence-corrected chi connectivity index (χ0v) is 12.7. The van der Waals surface area contributed by atoms with Gasteiger partial charge in [-0.25, -0.2) is 0 Å². The molecule has 120 valence electrons. The van der Waals surface area contributed by atoms with Crippen LogP contribution in [0.5, 0.6) is 5.75 Å². The Balaban J connectivity index is 0. The zero-order chi connectivity index (χ0) is 15.0. The van der Waals surface area contributed by atoms with E-state index in [0.29, 0.717) is 17.6 Å². The maximum atomic E-state index is 10.5. The van der Waals surface area contributed by atoms with Gasteiger partial charge in [-0.1, -0.05) is 25.1 Å². The third-order valence-electron chi connectivity index (χ3n) is 2.32. The molecule has 0 amide bonds. The summed E-state index contributed by atoms with van der Waals surface area (Å²) < 4.78 is 4.88. The molecule has 0 aliphatic heterocycles. The minimum atomic E-state index is -1.57. The van der Waals surface area contributed by atoms with Crippen LogP contribution in [-0.4, -0.2) is 35.5 Å². The van der Waals surface area contributed by atoms with Crippen molar-refractivity contribution in [3.05, 3.63) is 53.3 Å². The van der Waals surface area contributed by atoms with Gasteiger partial charge in [-0.3, -0.25) is 9.78 Å². The molecule has 0 fully saturated rings. The predicted molar refractivity (Wildman–Crippen MR) is 91.4 cm³/mol. The van der Waals surface area contributed by atoms with Crippen LogP contribution in [0.15, 0.2) is 42.7 Å². The van der Waals surface area contributed by atoms with E-state index < -0.39 is 7.12 Å². The topological polar surface area (TPSA) is 79.6 Å². The lowest BCUT2D eigenvalue weighted by molar-refractivity contribution is 0.112. The SMILES string of the molecule is C.COc1ccc(B(O)O)cc1C=O.Cl.Clc1ccncc1. The maximum absolute atomic E-state index is 10.5. The molecule has 0 unspecified atom stereocenters. The Hall–Kier alpha value is -1.60. The fourth-order valence-electron chi connectivity index (χ4n) is 1.34. The standard InChI is InChI=1S/C8H9BO4.C5H4ClN.CH4.ClH/c1-13-8-3-2-7(9(11)12)4-6(8)5-10;6-5-1-3-7-4-2-5;;/h2-5,11-12H,1H3;1-4H;1H4;1H. The number of hydrogen-bond donors (Lipinski definition) is 2. The number of nitrogens with zero attached hydrogens (tertiary/aromatic N) is 1. The number of carbonyl (C=O) groups excluding carboxylic acids is 1. The number of hydrogen-bond acceptors (Lipinski definition) is 5. The number of aromatic nitrogens is 1. The lowest BCUT2D eigenvalue weighted by atomic mass is 9.79. The van der Waals surface area contributed by atoms with Gasteiger partial charge in [0, 0.05) is 17.4 Å². The molecular weight excluding hydrogens is 328 g/mol. The second-order valence-corrected chi connectivity index (χ2v) is 4.09. The highest BCUT2D eigenvalue weighted by molar-refractivity contribution is 6.58. The van der Waals surface area contributed by atoms with Gasteiger partial charge in [0.15, 0.2) is 6.29 Å². The molecule has 0 spiro atoms. The summed E-state index contributed by atoms with van der Waals surface area (Å²) in [6, 6.07) is 7.84. The van der Waals surface area contributed by atoms with Crippen LogP contribution in [0.25, 0.3) is 0 Å². The van der Waals surface area contributed by atoms with E-state index in [1.807, 2.05) is 0 Å². The Labute approximate surface area is 141 Å². The van der Waals surface area contributed by atoms with Crippen molar-refractivity contribution in [2.45, 2.75) is 7.43 Å². The number of rotatable bonds is 3. The number of halogens is 2. The minimum absolute atomic E-state index is 0. The Morgan fingerprint density at radius 3 is 2.18 bits per heavy atom. The number of ether oxygens (including phenoxy) is 1. The van der Waals surface area contributed by atoms with Crippen molar-refractivity contribution in [1.29, 1.82) is 0 Å². The summed E-state index contributed by atoms with van der Waals surface area (Å²) in [5, 5.41) is 18.3. The van der Waals surface area contributed by atoms with Gasteiger partial charge in [0.05, 0.1) is 12.7 Å². The largest absolute Gasteiger partial charge is 0.496 e. The van der Waals surface area contributed by atoms with E-state index >= 15 is 0 Å². The summed E-state index contributed by atoms with van der Waals surface area (Å²) >= 11 is 5.50. The lowest BCUT2D eigenvalue weighted by Crippen LogP contribution is -2.30. The summed E-state index contributed by atoms with van der Waals surface area (Å²) in [6.45, 7) is 0. The fourth-order valence-corrected chi connectivity index (χ4v) is 1.45. The summed E-state index contributed by atoms with van der Waals surface area (Å²) in [5.74, 6) is 0.416. The maximum Gasteiger partial charge on any atom is 0.488 e. The fraction of sp³-hybridized carbons (Fsp3) is 0.143. The lowest BCUT2D eigenvalue weighted by Gasteiger charge is -2.05. The molecule has 0 aliphatic carbocycles. The van der Waals surface area contributed by atoms with E-state index in [-0.39, 0.29) is 25.3 Å². The van der Waals surface area contributed by atoms with Crippen molar-refractivity contribution < 1.29 is 19.6 Å². The smallest absolute Gasteiger partial charge is 0.488 e. The van der Waals surface area contributed by atoms with E-state index in [1.165, 1.54) is 25.3 Å². The van der Waals surface area contributed by atoms with Crippen molar-refractivity contribution in [1.82, 2.24) is 4.98 Å². The van der Waals surface area contributed by atoms with Crippen molar-refractivity contribution >= 4 is 42.9 Å². The first kappa shape index (κ1) is 22.7. The van der Waals surface area contributed by atoms with Crippen LogP contribution in [0.4, 0.5) is 0 Å². The third kappa shape index (κ3) is 7.42. The van der Waals surface area contributed by atoms with E-state index in [2.05, 4.69) is 4.98 Å². The van der Waals surface area contributed by atoms with Gasteiger partial charge in [0.2, 0.25) is 0 Å². The minimum Gasteiger partial charge on any atom is -0.496 e. The molecule has 2 rings (SSSR count). The van der Waals surface area contributed by atoms with E-state index in [1.54, 1.807) is 24.5 Å². The number of pyridine rings is 1. The number of benzene rings is 1. The second kappa shape index (κ2) is 12.0. The first-order valence-electron chi connectivity index (χ1n) is 5.63. The molecular formula is C14H18BCl2NO4. The molecule has 0 radical (unpaired) electrons. The number of aldehydes is 1. The molecule has 5 nitrogen and oxygen atoms in total. The van der Waals surface area contributed by atoms with Gasteiger partial charge in [-0.2, -0.15) is 0 Å². The van der Waals surface area contributed by atoms with E-state index in [9.17, 15) is 4.79 Å². The second-order valence-electron chi connectivity index (χ2n) is 3.66. The molecule has 1 heterocycles. The molecule has 1 aromatic carbocycles. The molecule has 8 heteroatoms. The van der Waals surface area contributed by atoms with E-state index in [4.69, 9.17) is 26.4 Å². The first-order valence-corrected chi connectivity index (χ1v) is 6.01. The van der Waals surface area contributed by atoms with Crippen LogP contribution in [0.1, 0.15) is 17.8 Å². The van der Waals surface area contributed by atoms with Gasteiger partial charge >= 0.3 is 7.12 Å². The Morgan fingerprint density at radius 1 is 1.23 bits per heavy atom. The molecule has 0 bridgehead atoms. The molecule has 2 aromatic rings. The van der Waals surface area contributed by atoms with Gasteiger partial charge < -0.3 is 14.8 Å². The summed E-state index contributed by atoms with van der Waals surface area (Å²) in [5.41, 5.74) is 0.566. The van der Waals surface area contributed by atoms with Gasteiger partial charge in [-0.15, -0.1) is 12.4 Å². The highest BCUT2D eigenvalue weighted by Crippen LogP contribution is 2.13. The van der Waals surface area contributed by atoms with E-state index in [0.717, 1.165) is 5.02 Å². The average Bonchev–Trinajstić information content (AvgIpc) is 2.47. The first-order chi connectivity index (χ1) is 9.58. The highest BCUT2D eigenvalue weighted by Gasteiger charge is 2.13. The van der Waals surface area contributed by atoms with Gasteiger partial charge in [0.1, 0.15) is 5.75 Å². The Morgan fingerprint density at radius 2 is 1.82 bits per heavy atom. The van der Waals surface area contributed by atoms with Crippen LogP contribution < -0.4 is 10.2 Å². The molecule has 22 heavy (non-hydrogen) atoms. The molecule has 0 aliphatic rings. The van der Waals surface area contributed by atoms with Crippen LogP contribution >= 0.6 is 24.0 Å². The van der Waals surface area contributed by atoms with Crippen LogP contribution in [0.3, 0.4) is 0 Å². The third-order valence-corrected chi connectivity index (χ3v) is 2.57. The summed E-state index contributed by atoms with van der Waals surface area (Å²) in [7, 11) is -0.123. The number of carbonyl (C=O) groups is 1. The van der Waals surface area contributed by atoms with Crippen LogP contribution in [-0.2, 0) is 0 Å². The van der Waals surface area contributed by atoms with Crippen molar-refractivity contribution in [2.24, 2.45) is 0 Å². The Bertz CT molecular complexity index is 556. The van der Waals surface area contributed by atoms with Crippen LogP contribution in [0, 0.1) is 0 Å². The number of methoxy groups -OCH3 is 1. The van der Waals surface area contributed by atoms with Crippen LogP contribution in [0.2, 0.25) is 5.02 Å². The molecule has 1 aromatic heterocycles. The highest BCUT2D eigenvalue weighted by atomic mass is 35.5. The predicted octanol–water partition coefficient (Wildman–Crippen LogP) is 1.98. The van der Waals surface area contributed by atoms with Gasteiger partial charge in [-0.05, 0) is 29.7 Å². The zero-order valence-electron chi connectivity index (χ0n) is 11.1. The Kier molecular flexibility index (Phi) is 12.4. The quantitative estimate of drug-likeness (QED) is 0.656. The monoisotopic (exact) mass is 345 g/mol. The average molecular weight is 346 g/mol. The normalized spacial score (nSPS) is 8.36. The molecule has 2 N–H and O–H groups in total. The van der Waals surface area contributed by atoms with Crippen molar-refractivity contribution in [3.63, 3.8) is 0 Å². The van der Waals surface area contributed by atoms with Crippen molar-refractivity contribution in [3.8, 4) is 5.75 Å². The molecule has 0 saturated heterocycles. The molecule has 0 saturated carbocycles. The van der Waals surface area contributed by atoms with Gasteiger partial charge in [0.25, 0.3) is 0 Å².